The molecular formula is C27H33N9O15P2. The fourth-order valence-electron chi connectivity index (χ4n) is 5.55. The second kappa shape index (κ2) is 14.6. The highest BCUT2D eigenvalue weighted by Gasteiger charge is 2.46. The number of rotatable bonds is 13. The third kappa shape index (κ3) is 7.91. The van der Waals surface area contributed by atoms with Crippen molar-refractivity contribution >= 4 is 43.7 Å². The number of hydrogen-bond acceptors (Lipinski definition) is 19. The number of aromatic amines is 1. The van der Waals surface area contributed by atoms with Crippen LogP contribution >= 0.6 is 15.6 Å². The van der Waals surface area contributed by atoms with E-state index >= 15 is 0 Å². The Morgan fingerprint density at radius 2 is 1.68 bits per heavy atom. The average Bonchev–Trinajstić information content (AvgIpc) is 3.63. The number of ether oxygens (including phenoxy) is 1. The Morgan fingerprint density at radius 3 is 2.42 bits per heavy atom. The first-order chi connectivity index (χ1) is 24.9. The summed E-state index contributed by atoms with van der Waals surface area (Å²) in [6.07, 6.45) is -9.93. The number of H-pyrrole nitrogens is 1. The number of aromatic nitrogens is 8. The van der Waals surface area contributed by atoms with Crippen LogP contribution in [0.5, 0.6) is 0 Å². The van der Waals surface area contributed by atoms with Gasteiger partial charge in [0.15, 0.2) is 29.2 Å². The number of aryl methyl sites for hydroxylation is 2. The number of nitrogen functional groups attached to an aromatic ring is 1. The zero-order valence-electron chi connectivity index (χ0n) is 27.5. The number of aliphatic hydroxyl groups excluding tert-OH is 5. The van der Waals surface area contributed by atoms with Crippen molar-refractivity contribution in [3.63, 3.8) is 0 Å². The first-order valence-electron chi connectivity index (χ1n) is 15.4. The fraction of sp³-hybridized carbons (Fsp3) is 0.444. The number of benzene rings is 1. The second-order valence-corrected chi connectivity index (χ2v) is 15.1. The van der Waals surface area contributed by atoms with E-state index in [1.165, 1.54) is 15.5 Å². The van der Waals surface area contributed by atoms with Crippen molar-refractivity contribution in [2.24, 2.45) is 0 Å². The molecule has 6 unspecified atom stereocenters. The quantitative estimate of drug-likeness (QED) is 0.0443. The molecule has 6 rings (SSSR count). The normalized spacial score (nSPS) is 23.3. The van der Waals surface area contributed by atoms with Crippen LogP contribution in [0.15, 0.2) is 34.4 Å². The molecule has 1 saturated heterocycles. The number of hydrogen-bond donors (Lipinski definition) is 9. The minimum Gasteiger partial charge on any atom is -0.388 e. The number of nitrogens with one attached hydrogen (secondary N) is 1. The van der Waals surface area contributed by atoms with Crippen molar-refractivity contribution in [3.05, 3.63) is 56.8 Å². The molecule has 0 bridgehead atoms. The van der Waals surface area contributed by atoms with Gasteiger partial charge in [-0.15, -0.1) is 0 Å². The number of phosphoric ester groups is 2. The van der Waals surface area contributed by atoms with Crippen LogP contribution in [0.1, 0.15) is 17.4 Å². The highest BCUT2D eigenvalue weighted by molar-refractivity contribution is 7.61. The summed E-state index contributed by atoms with van der Waals surface area (Å²) in [4.78, 5) is 66.6. The van der Waals surface area contributed by atoms with E-state index in [9.17, 15) is 54.0 Å². The van der Waals surface area contributed by atoms with Crippen molar-refractivity contribution < 1.29 is 62.5 Å². The van der Waals surface area contributed by atoms with Crippen LogP contribution in [0.25, 0.3) is 33.7 Å². The van der Waals surface area contributed by atoms with Crippen molar-refractivity contribution in [2.75, 3.05) is 18.9 Å². The number of fused-ring (bicyclic) bond motifs is 3. The number of nitrogens with zero attached hydrogens (tertiary/aromatic N) is 7. The SMILES string of the molecule is Cc1cc2nc3c(=O)[nH]c(=O)nc-3n(CC(O)C(O)C(O)COP(=O)(O)OP(=O)(O)OC[C@H]3O[C@@H](n4cnc5c(N)ncnc54)C(O)[C@H]3O)c2cc1C. The molecule has 3 aromatic rings. The monoisotopic (exact) mass is 785 g/mol. The molecule has 53 heavy (non-hydrogen) atoms. The summed E-state index contributed by atoms with van der Waals surface area (Å²) in [5.74, 6) is -0.212. The van der Waals surface area contributed by atoms with Gasteiger partial charge < -0.3 is 50.4 Å². The minimum absolute atomic E-state index is 0.0293. The fourth-order valence-corrected chi connectivity index (χ4v) is 7.65. The summed E-state index contributed by atoms with van der Waals surface area (Å²) in [5, 5.41) is 53.0. The first kappa shape index (κ1) is 38.6. The third-order valence-electron chi connectivity index (χ3n) is 8.40. The maximum absolute atomic E-state index is 12.5. The van der Waals surface area contributed by atoms with E-state index in [-0.39, 0.29) is 34.0 Å². The molecule has 3 aliphatic heterocycles. The maximum atomic E-state index is 12.5. The molecular weight excluding hydrogens is 752 g/mol. The summed E-state index contributed by atoms with van der Waals surface area (Å²) in [6.45, 7) is 0.795. The summed E-state index contributed by atoms with van der Waals surface area (Å²) < 4.78 is 46.6. The molecule has 0 radical (unpaired) electrons. The summed E-state index contributed by atoms with van der Waals surface area (Å²) in [6, 6.07) is 3.29. The number of nitrogens with two attached hydrogens (primary N) is 1. The van der Waals surface area contributed by atoms with E-state index < -0.39 is 89.5 Å². The van der Waals surface area contributed by atoms with E-state index in [0.29, 0.717) is 5.52 Å². The van der Waals surface area contributed by atoms with Crippen LogP contribution in [0.3, 0.4) is 0 Å². The van der Waals surface area contributed by atoms with Gasteiger partial charge in [-0.2, -0.15) is 9.29 Å². The topological polar surface area (TPSA) is 363 Å². The molecule has 0 amide bonds. The van der Waals surface area contributed by atoms with E-state index in [2.05, 4.69) is 33.8 Å². The Morgan fingerprint density at radius 1 is 0.981 bits per heavy atom. The first-order valence-corrected chi connectivity index (χ1v) is 18.4. The Hall–Kier alpha value is -4.13. The molecule has 286 valence electrons. The molecule has 2 aromatic heterocycles. The second-order valence-electron chi connectivity index (χ2n) is 12.1. The van der Waals surface area contributed by atoms with Gasteiger partial charge in [0.1, 0.15) is 48.5 Å². The number of phosphoric acid groups is 2. The Kier molecular flexibility index (Phi) is 10.6. The molecule has 10 N–H and O–H groups in total. The zero-order chi connectivity index (χ0) is 38.6. The van der Waals surface area contributed by atoms with Gasteiger partial charge >= 0.3 is 21.3 Å². The third-order valence-corrected chi connectivity index (χ3v) is 11.0. The number of aliphatic hydroxyl groups is 5. The van der Waals surface area contributed by atoms with Gasteiger partial charge in [-0.1, -0.05) is 0 Å². The lowest BCUT2D eigenvalue weighted by molar-refractivity contribution is -0.0794. The lowest BCUT2D eigenvalue weighted by atomic mass is 10.1. The van der Waals surface area contributed by atoms with Crippen LogP contribution < -0.4 is 17.0 Å². The van der Waals surface area contributed by atoms with E-state index in [1.807, 2.05) is 4.98 Å². The molecule has 24 nitrogen and oxygen atoms in total. The van der Waals surface area contributed by atoms with Gasteiger partial charge in [0.05, 0.1) is 37.1 Å². The number of anilines is 1. The Bertz CT molecular complexity index is 2350. The molecule has 1 aromatic carbocycles. The molecule has 9 atom stereocenters. The predicted octanol–water partition coefficient (Wildman–Crippen LogP) is -2.42. The van der Waals surface area contributed by atoms with Gasteiger partial charge in [-0.3, -0.25) is 23.4 Å². The van der Waals surface area contributed by atoms with Gasteiger partial charge in [0, 0.05) is 0 Å². The largest absolute Gasteiger partial charge is 0.481 e. The molecule has 0 saturated carbocycles. The van der Waals surface area contributed by atoms with E-state index in [0.717, 1.165) is 17.5 Å². The molecule has 3 aliphatic rings. The van der Waals surface area contributed by atoms with Crippen LogP contribution in [-0.4, -0.2) is 124 Å². The van der Waals surface area contributed by atoms with Crippen molar-refractivity contribution in [3.8, 4) is 11.5 Å². The highest BCUT2D eigenvalue weighted by atomic mass is 31.3. The van der Waals surface area contributed by atoms with Crippen LogP contribution in [0, 0.1) is 13.8 Å². The summed E-state index contributed by atoms with van der Waals surface area (Å²) in [5.41, 5.74) is 6.11. The van der Waals surface area contributed by atoms with Crippen molar-refractivity contribution in [1.29, 1.82) is 0 Å². The summed E-state index contributed by atoms with van der Waals surface area (Å²) in [7, 11) is -11.0. The van der Waals surface area contributed by atoms with E-state index in [1.54, 1.807) is 26.0 Å². The zero-order valence-corrected chi connectivity index (χ0v) is 29.3. The van der Waals surface area contributed by atoms with Gasteiger partial charge in [0.25, 0.3) is 5.56 Å². The smallest absolute Gasteiger partial charge is 0.388 e. The molecule has 5 heterocycles. The predicted molar refractivity (Wildman–Crippen MR) is 177 cm³/mol. The van der Waals surface area contributed by atoms with Crippen LogP contribution in [0.2, 0.25) is 0 Å². The van der Waals surface area contributed by atoms with E-state index in [4.69, 9.17) is 15.0 Å². The number of imidazole rings is 1. The van der Waals surface area contributed by atoms with Crippen LogP contribution in [0.4, 0.5) is 5.82 Å². The lowest BCUT2D eigenvalue weighted by Crippen LogP contribution is -2.42. The minimum atomic E-state index is -5.54. The summed E-state index contributed by atoms with van der Waals surface area (Å²) >= 11 is 0. The van der Waals surface area contributed by atoms with Crippen molar-refractivity contribution in [1.82, 2.24) is 39.0 Å². The molecule has 26 heteroatoms. The van der Waals surface area contributed by atoms with Gasteiger partial charge in [-0.25, -0.2) is 33.9 Å². The Balaban J connectivity index is 1.07. The van der Waals surface area contributed by atoms with Crippen molar-refractivity contribution in [2.45, 2.75) is 63.2 Å². The average molecular weight is 786 g/mol. The standard InChI is InChI=1S/C27H33N9O15P2/c1-10-3-12-13(4-11(10)2)35(24-18(32-12)25(42)34-27(43)33-24)5-14(37)19(39)15(38)6-48-52(44,45)51-53(46,47)49-7-16-20(40)21(41)26(50-16)36-9-31-17-22(28)29-8-30-23(17)36/h3-4,8-9,14-16,19-21,26,37-41H,5-7H2,1-2H3,(H,44,45)(H,46,47)(H2,28,29,30)(H,34,42,43)/t14?,15?,16-,19?,20+,21?,26-/m1/s1. The molecule has 0 aliphatic carbocycles. The lowest BCUT2D eigenvalue weighted by Gasteiger charge is -2.26. The molecule has 1 fully saturated rings. The van der Waals surface area contributed by atoms with Crippen LogP contribution in [-0.2, 0) is 33.8 Å². The van der Waals surface area contributed by atoms with Gasteiger partial charge in [-0.05, 0) is 37.1 Å². The highest BCUT2D eigenvalue weighted by Crippen LogP contribution is 2.60. The molecule has 0 spiro atoms. The maximum Gasteiger partial charge on any atom is 0.481 e. The Labute approximate surface area is 295 Å². The van der Waals surface area contributed by atoms with Gasteiger partial charge in [0.2, 0.25) is 0 Å².